The highest BCUT2D eigenvalue weighted by Crippen LogP contribution is 2.10. The summed E-state index contributed by atoms with van der Waals surface area (Å²) in [5.41, 5.74) is 3.12. The Morgan fingerprint density at radius 1 is 0.968 bits per heavy atom. The van der Waals surface area contributed by atoms with Crippen LogP contribution in [0.15, 0.2) is 40.2 Å². The van der Waals surface area contributed by atoms with Crippen molar-refractivity contribution in [2.24, 2.45) is 5.10 Å². The van der Waals surface area contributed by atoms with Gasteiger partial charge >= 0.3 is 0 Å². The van der Waals surface area contributed by atoms with E-state index in [1.54, 1.807) is 6.07 Å². The standard InChI is InChI=1S/C24H34N4O3/c1-2-3-4-5-6-7-8-9-10-15-22(29)25-18-23(30)28-26-17-20-16-19-13-11-12-14-21(19)27-24(20)31/h11-14,16-17H,2-10,15,18H2,1H3,(H,25,29)(H,27,31)(H,28,30)/b26-17-. The van der Waals surface area contributed by atoms with E-state index in [2.05, 4.69) is 27.8 Å². The number of pyridine rings is 1. The van der Waals surface area contributed by atoms with Crippen molar-refractivity contribution in [3.8, 4) is 0 Å². The summed E-state index contributed by atoms with van der Waals surface area (Å²) in [6.45, 7) is 2.08. The highest BCUT2D eigenvalue weighted by Gasteiger charge is 2.05. The summed E-state index contributed by atoms with van der Waals surface area (Å²) < 4.78 is 0. The highest BCUT2D eigenvalue weighted by molar-refractivity contribution is 5.89. The number of carbonyl (C=O) groups is 2. The van der Waals surface area contributed by atoms with Crippen molar-refractivity contribution in [3.05, 3.63) is 46.2 Å². The van der Waals surface area contributed by atoms with Gasteiger partial charge in [-0.1, -0.05) is 76.5 Å². The molecule has 168 valence electrons. The maximum absolute atomic E-state index is 12.0. The maximum Gasteiger partial charge on any atom is 0.259 e. The van der Waals surface area contributed by atoms with Crippen LogP contribution in [0.25, 0.3) is 10.9 Å². The van der Waals surface area contributed by atoms with E-state index in [-0.39, 0.29) is 18.0 Å². The Morgan fingerprint density at radius 2 is 1.65 bits per heavy atom. The number of rotatable bonds is 14. The van der Waals surface area contributed by atoms with Crippen LogP contribution in [-0.4, -0.2) is 29.6 Å². The van der Waals surface area contributed by atoms with Gasteiger partial charge in [0.05, 0.1) is 18.3 Å². The summed E-state index contributed by atoms with van der Waals surface area (Å²) in [4.78, 5) is 38.5. The third-order valence-electron chi connectivity index (χ3n) is 5.13. The second kappa shape index (κ2) is 14.1. The zero-order valence-corrected chi connectivity index (χ0v) is 18.4. The molecule has 0 bridgehead atoms. The van der Waals surface area contributed by atoms with E-state index in [0.717, 1.165) is 30.2 Å². The molecule has 0 saturated carbocycles. The number of aromatic nitrogens is 1. The predicted molar refractivity (Wildman–Crippen MR) is 125 cm³/mol. The average Bonchev–Trinajstić information content (AvgIpc) is 2.77. The number of para-hydroxylation sites is 1. The van der Waals surface area contributed by atoms with Crippen LogP contribution >= 0.6 is 0 Å². The number of hydrogen-bond acceptors (Lipinski definition) is 4. The van der Waals surface area contributed by atoms with Gasteiger partial charge in [-0.3, -0.25) is 14.4 Å². The largest absolute Gasteiger partial charge is 0.347 e. The lowest BCUT2D eigenvalue weighted by molar-refractivity contribution is -0.126. The molecule has 0 atom stereocenters. The summed E-state index contributed by atoms with van der Waals surface area (Å²) in [5, 5.41) is 7.29. The van der Waals surface area contributed by atoms with Crippen LogP contribution in [0.5, 0.6) is 0 Å². The van der Waals surface area contributed by atoms with Crippen LogP contribution < -0.4 is 16.3 Å². The molecule has 2 aromatic rings. The summed E-state index contributed by atoms with van der Waals surface area (Å²) in [5.74, 6) is -0.568. The summed E-state index contributed by atoms with van der Waals surface area (Å²) in [6, 6.07) is 9.12. The number of H-pyrrole nitrogens is 1. The number of unbranched alkanes of at least 4 members (excludes halogenated alkanes) is 8. The van der Waals surface area contributed by atoms with Crippen molar-refractivity contribution < 1.29 is 9.59 Å². The predicted octanol–water partition coefficient (Wildman–Crippen LogP) is 4.02. The molecule has 0 unspecified atom stereocenters. The van der Waals surface area contributed by atoms with Gasteiger partial charge in [0.15, 0.2) is 0 Å². The van der Waals surface area contributed by atoms with Gasteiger partial charge in [0.25, 0.3) is 11.5 Å². The first-order valence-electron chi connectivity index (χ1n) is 11.3. The normalized spacial score (nSPS) is 11.1. The van der Waals surface area contributed by atoms with E-state index in [1.807, 2.05) is 24.3 Å². The first-order valence-corrected chi connectivity index (χ1v) is 11.3. The van der Waals surface area contributed by atoms with E-state index >= 15 is 0 Å². The van der Waals surface area contributed by atoms with Crippen LogP contribution in [0, 0.1) is 0 Å². The molecule has 2 amide bonds. The fourth-order valence-corrected chi connectivity index (χ4v) is 3.34. The number of hydrogen-bond donors (Lipinski definition) is 3. The van der Waals surface area contributed by atoms with E-state index < -0.39 is 5.91 Å². The third-order valence-corrected chi connectivity index (χ3v) is 5.13. The van der Waals surface area contributed by atoms with Crippen molar-refractivity contribution in [1.29, 1.82) is 0 Å². The fourth-order valence-electron chi connectivity index (χ4n) is 3.34. The molecular formula is C24H34N4O3. The molecule has 2 rings (SSSR count). The summed E-state index contributed by atoms with van der Waals surface area (Å²) >= 11 is 0. The van der Waals surface area contributed by atoms with E-state index in [0.29, 0.717) is 12.0 Å². The molecule has 3 N–H and O–H groups in total. The Kier molecular flexibility index (Phi) is 11.1. The van der Waals surface area contributed by atoms with Crippen molar-refractivity contribution in [1.82, 2.24) is 15.7 Å². The molecule has 1 aromatic carbocycles. The molecule has 0 fully saturated rings. The molecule has 0 spiro atoms. The average molecular weight is 427 g/mol. The first kappa shape index (κ1) is 24.3. The molecule has 0 aliphatic heterocycles. The molecule has 0 radical (unpaired) electrons. The molecular weight excluding hydrogens is 392 g/mol. The van der Waals surface area contributed by atoms with Crippen molar-refractivity contribution in [3.63, 3.8) is 0 Å². The second-order valence-electron chi connectivity index (χ2n) is 7.79. The number of nitrogens with zero attached hydrogens (tertiary/aromatic N) is 1. The number of amides is 2. The van der Waals surface area contributed by atoms with Gasteiger partial charge in [0.1, 0.15) is 0 Å². The Balaban J connectivity index is 1.59. The van der Waals surface area contributed by atoms with Gasteiger partial charge in [-0.05, 0) is 23.9 Å². The molecule has 1 heterocycles. The Bertz CT molecular complexity index is 920. The minimum atomic E-state index is -0.436. The zero-order valence-electron chi connectivity index (χ0n) is 18.4. The van der Waals surface area contributed by atoms with Crippen LogP contribution in [-0.2, 0) is 9.59 Å². The number of nitrogens with one attached hydrogen (secondary N) is 3. The van der Waals surface area contributed by atoms with Gasteiger partial charge in [0.2, 0.25) is 5.91 Å². The quantitative estimate of drug-likeness (QED) is 0.241. The Labute approximate surface area is 183 Å². The molecule has 0 saturated heterocycles. The smallest absolute Gasteiger partial charge is 0.259 e. The number of fused-ring (bicyclic) bond motifs is 1. The van der Waals surface area contributed by atoms with Gasteiger partial charge in [-0.15, -0.1) is 0 Å². The molecule has 7 nitrogen and oxygen atoms in total. The van der Waals surface area contributed by atoms with Crippen LogP contribution in [0.3, 0.4) is 0 Å². The van der Waals surface area contributed by atoms with Crippen LogP contribution in [0.2, 0.25) is 0 Å². The van der Waals surface area contributed by atoms with Crippen molar-refractivity contribution >= 4 is 28.9 Å². The van der Waals surface area contributed by atoms with E-state index in [4.69, 9.17) is 0 Å². The fraction of sp³-hybridized carbons (Fsp3) is 0.500. The summed E-state index contributed by atoms with van der Waals surface area (Å²) in [6.07, 6.45) is 12.5. The molecule has 1 aromatic heterocycles. The van der Waals surface area contributed by atoms with Gasteiger partial charge in [0, 0.05) is 11.9 Å². The lowest BCUT2D eigenvalue weighted by atomic mass is 10.1. The lowest BCUT2D eigenvalue weighted by Gasteiger charge is -2.05. The number of carbonyl (C=O) groups excluding carboxylic acids is 2. The molecule has 0 aliphatic rings. The molecule has 0 aliphatic carbocycles. The topological polar surface area (TPSA) is 103 Å². The monoisotopic (exact) mass is 426 g/mol. The number of aromatic amines is 1. The Hall–Kier alpha value is -2.96. The highest BCUT2D eigenvalue weighted by atomic mass is 16.2. The first-order chi connectivity index (χ1) is 15.1. The second-order valence-corrected chi connectivity index (χ2v) is 7.79. The van der Waals surface area contributed by atoms with E-state index in [9.17, 15) is 14.4 Å². The number of hydrazone groups is 1. The zero-order chi connectivity index (χ0) is 22.3. The van der Waals surface area contributed by atoms with Gasteiger partial charge < -0.3 is 10.3 Å². The van der Waals surface area contributed by atoms with Crippen LogP contribution in [0.4, 0.5) is 0 Å². The Morgan fingerprint density at radius 3 is 2.39 bits per heavy atom. The van der Waals surface area contributed by atoms with Crippen molar-refractivity contribution in [2.75, 3.05) is 6.54 Å². The number of benzene rings is 1. The van der Waals surface area contributed by atoms with E-state index in [1.165, 1.54) is 44.7 Å². The van der Waals surface area contributed by atoms with Crippen molar-refractivity contribution in [2.45, 2.75) is 71.1 Å². The third kappa shape index (κ3) is 9.59. The maximum atomic E-state index is 12.0. The van der Waals surface area contributed by atoms with Crippen LogP contribution in [0.1, 0.15) is 76.7 Å². The lowest BCUT2D eigenvalue weighted by Crippen LogP contribution is -2.34. The van der Waals surface area contributed by atoms with Gasteiger partial charge in [-0.2, -0.15) is 5.10 Å². The molecule has 31 heavy (non-hydrogen) atoms. The summed E-state index contributed by atoms with van der Waals surface area (Å²) in [7, 11) is 0. The van der Waals surface area contributed by atoms with Gasteiger partial charge in [-0.25, -0.2) is 5.43 Å². The molecule has 7 heteroatoms. The minimum Gasteiger partial charge on any atom is -0.347 e. The minimum absolute atomic E-state index is 0.131. The SMILES string of the molecule is CCCCCCCCCCCC(=O)NCC(=O)N/N=C\c1cc2ccccc2[nH]c1=O.